The second-order valence-corrected chi connectivity index (χ2v) is 12.9. The molecule has 2 aliphatic heterocycles. The molecule has 0 saturated carbocycles. The van der Waals surface area contributed by atoms with Crippen LogP contribution in [-0.2, 0) is 14.2 Å². The molecule has 0 N–H and O–H groups in total. The summed E-state index contributed by atoms with van der Waals surface area (Å²) in [7, 11) is -3.70. The molecule has 4 atom stereocenters. The van der Waals surface area contributed by atoms with Gasteiger partial charge in [-0.2, -0.15) is 0 Å². The van der Waals surface area contributed by atoms with E-state index in [1.807, 2.05) is 111 Å². The summed E-state index contributed by atoms with van der Waals surface area (Å²) < 4.78 is 56.5. The van der Waals surface area contributed by atoms with Gasteiger partial charge in [-0.3, -0.25) is 9.05 Å². The Kier molecular flexibility index (Phi) is 6.85. The highest BCUT2D eigenvalue weighted by Crippen LogP contribution is 2.43. The fraction of sp³-hybridized carbons (Fsp3) is 0.250. The molecule has 0 spiro atoms. The largest absolute Gasteiger partial charge is 0.399 e. The minimum absolute atomic E-state index is 0.0944. The van der Waals surface area contributed by atoms with Crippen molar-refractivity contribution < 1.29 is 40.0 Å². The van der Waals surface area contributed by atoms with Crippen LogP contribution in [-0.4, -0.2) is 37.0 Å². The van der Waals surface area contributed by atoms with Crippen LogP contribution in [0.4, 0.5) is 0 Å². The molecule has 0 bridgehead atoms. The third-order valence-electron chi connectivity index (χ3n) is 7.46. The summed E-state index contributed by atoms with van der Waals surface area (Å²) in [5.74, 6) is -0.842. The van der Waals surface area contributed by atoms with E-state index in [2.05, 4.69) is 0 Å². The lowest BCUT2D eigenvalue weighted by Gasteiger charge is -2.24. The van der Waals surface area contributed by atoms with Crippen LogP contribution in [0, 0.1) is 0 Å². The molecule has 4 aromatic carbocycles. The van der Waals surface area contributed by atoms with E-state index in [1.165, 1.54) is 0 Å². The van der Waals surface area contributed by atoms with E-state index < -0.39 is 46.9 Å². The summed E-state index contributed by atoms with van der Waals surface area (Å²) in [6, 6.07) is 31.2. The topological polar surface area (TPSA) is 98.7 Å². The van der Waals surface area contributed by atoms with E-state index in [9.17, 15) is 0 Å². The van der Waals surface area contributed by atoms with Gasteiger partial charge in [0.2, 0.25) is 0 Å². The van der Waals surface area contributed by atoms with Crippen molar-refractivity contribution in [3.63, 3.8) is 0 Å². The van der Waals surface area contributed by atoms with E-state index in [1.54, 1.807) is 0 Å². The maximum atomic E-state index is 6.58. The molecule has 2 aliphatic rings. The van der Waals surface area contributed by atoms with E-state index in [4.69, 9.17) is 40.0 Å². The van der Waals surface area contributed by atoms with Gasteiger partial charge < -0.3 is 31.0 Å². The molecule has 43 heavy (non-hydrogen) atoms. The molecular weight excluding hydrogens is 590 g/mol. The number of para-hydroxylation sites is 4. The lowest BCUT2D eigenvalue weighted by Crippen LogP contribution is -2.41. The normalized spacial score (nSPS) is 22.8. The van der Waals surface area contributed by atoms with Crippen LogP contribution < -0.4 is 9.05 Å². The summed E-state index contributed by atoms with van der Waals surface area (Å²) in [6.07, 6.45) is -2.40. The highest BCUT2D eigenvalue weighted by atomic mass is 31.1. The zero-order valence-electron chi connectivity index (χ0n) is 23.3. The SMILES string of the molecule is CC1(C)O[C@H]2O[C@H](COp3oc4ccccc4c4ccccc4o3)[C@@H](Op3oc4ccccc4c4ccccc4o3)[C@H]2O1. The molecule has 4 heterocycles. The fourth-order valence-electron chi connectivity index (χ4n) is 5.57. The van der Waals surface area contributed by atoms with Crippen LogP contribution in [0.5, 0.6) is 0 Å². The van der Waals surface area contributed by atoms with Gasteiger partial charge >= 0.3 is 16.5 Å². The molecule has 11 heteroatoms. The second kappa shape index (κ2) is 10.9. The smallest absolute Gasteiger partial charge is 0.387 e. The van der Waals surface area contributed by atoms with Crippen molar-refractivity contribution in [1.29, 1.82) is 0 Å². The van der Waals surface area contributed by atoms with Crippen LogP contribution in [0.25, 0.3) is 43.9 Å². The summed E-state index contributed by atoms with van der Waals surface area (Å²) in [5, 5.41) is 3.74. The van der Waals surface area contributed by atoms with Gasteiger partial charge in [-0.25, -0.2) is 0 Å². The van der Waals surface area contributed by atoms with Gasteiger partial charge in [0.25, 0.3) is 0 Å². The van der Waals surface area contributed by atoms with Crippen LogP contribution in [0.3, 0.4) is 0 Å². The Hall–Kier alpha value is -3.52. The minimum Gasteiger partial charge on any atom is -0.399 e. The first kappa shape index (κ1) is 27.1. The van der Waals surface area contributed by atoms with Crippen molar-refractivity contribution in [3.05, 3.63) is 97.1 Å². The van der Waals surface area contributed by atoms with E-state index >= 15 is 0 Å². The summed E-state index contributed by atoms with van der Waals surface area (Å²) >= 11 is 0. The molecule has 2 fully saturated rings. The first-order valence-corrected chi connectivity index (χ1v) is 16.2. The lowest BCUT2D eigenvalue weighted by atomic mass is 10.1. The average Bonchev–Trinajstić information content (AvgIpc) is 3.33. The number of benzene rings is 4. The van der Waals surface area contributed by atoms with Gasteiger partial charge in [-0.1, -0.05) is 72.8 Å². The molecule has 2 aromatic heterocycles. The zero-order valence-corrected chi connectivity index (χ0v) is 25.1. The minimum atomic E-state index is -1.89. The maximum absolute atomic E-state index is 6.58. The Bertz CT molecular complexity index is 1920. The Morgan fingerprint density at radius 2 is 1.05 bits per heavy atom. The third-order valence-corrected chi connectivity index (χ3v) is 9.62. The van der Waals surface area contributed by atoms with Crippen molar-refractivity contribution in [2.75, 3.05) is 6.61 Å². The second-order valence-electron chi connectivity index (χ2n) is 10.8. The average molecular weight is 619 g/mol. The van der Waals surface area contributed by atoms with Gasteiger partial charge in [-0.15, -0.1) is 0 Å². The van der Waals surface area contributed by atoms with Gasteiger partial charge in [0.05, 0.1) is 6.61 Å². The standard InChI is InChI=1S/C32H28O9P2/c1-32(2)35-30-29(41-43-39-26-17-9-5-13-22(26)23-14-6-10-18-27(23)40-43)28(34-31(30)36-32)19-33-42-37-24-15-7-3-11-20(24)21-12-4-8-16-25(21)38-42/h3-18,28-31H,19H2,1-2H3/t28-,29-,30-,31-/m1/s1. The quantitative estimate of drug-likeness (QED) is 0.188. The molecule has 0 aliphatic carbocycles. The Morgan fingerprint density at radius 3 is 1.53 bits per heavy atom. The maximum Gasteiger partial charge on any atom is 0.387 e. The Labute approximate surface area is 248 Å². The van der Waals surface area contributed by atoms with Crippen molar-refractivity contribution >= 4 is 60.4 Å². The monoisotopic (exact) mass is 618 g/mol. The third kappa shape index (κ3) is 5.17. The molecule has 2 saturated heterocycles. The predicted octanol–water partition coefficient (Wildman–Crippen LogP) is 8.70. The number of hydrogen-bond donors (Lipinski definition) is 0. The molecule has 0 amide bonds. The number of hydrogen-bond acceptors (Lipinski definition) is 9. The summed E-state index contributed by atoms with van der Waals surface area (Å²) in [4.78, 5) is 0. The van der Waals surface area contributed by atoms with Crippen molar-refractivity contribution in [1.82, 2.24) is 0 Å². The molecule has 8 rings (SSSR count). The molecule has 0 radical (unpaired) electrons. The van der Waals surface area contributed by atoms with Gasteiger partial charge in [-0.05, 0) is 38.1 Å². The lowest BCUT2D eigenvalue weighted by molar-refractivity contribution is -0.213. The van der Waals surface area contributed by atoms with E-state index in [0.717, 1.165) is 21.5 Å². The molecule has 9 nitrogen and oxygen atoms in total. The van der Waals surface area contributed by atoms with Crippen molar-refractivity contribution in [2.24, 2.45) is 0 Å². The van der Waals surface area contributed by atoms with Gasteiger partial charge in [0.1, 0.15) is 40.6 Å². The van der Waals surface area contributed by atoms with E-state index in [-0.39, 0.29) is 6.61 Å². The van der Waals surface area contributed by atoms with Crippen LogP contribution in [0.1, 0.15) is 13.8 Å². The Balaban J connectivity index is 1.15. The van der Waals surface area contributed by atoms with E-state index in [0.29, 0.717) is 22.3 Å². The fourth-order valence-corrected chi connectivity index (χ4v) is 7.84. The molecule has 6 aromatic rings. The van der Waals surface area contributed by atoms with Crippen molar-refractivity contribution in [2.45, 2.75) is 44.2 Å². The number of ether oxygens (including phenoxy) is 3. The number of fused-ring (bicyclic) bond motifs is 7. The first-order valence-electron chi connectivity index (χ1n) is 14.0. The van der Waals surface area contributed by atoms with Gasteiger partial charge in [0, 0.05) is 21.5 Å². The Morgan fingerprint density at radius 1 is 0.605 bits per heavy atom. The van der Waals surface area contributed by atoms with Crippen LogP contribution in [0.2, 0.25) is 0 Å². The zero-order chi connectivity index (χ0) is 29.0. The van der Waals surface area contributed by atoms with Gasteiger partial charge in [0.15, 0.2) is 12.1 Å². The first-order chi connectivity index (χ1) is 21.0. The molecule has 220 valence electrons. The van der Waals surface area contributed by atoms with Crippen LogP contribution >= 0.6 is 16.5 Å². The highest BCUT2D eigenvalue weighted by Gasteiger charge is 2.56. The number of rotatable bonds is 5. The molecule has 0 unspecified atom stereocenters. The summed E-state index contributed by atoms with van der Waals surface area (Å²) in [6.45, 7) is 3.79. The molecular formula is C32H28O9P2. The summed E-state index contributed by atoms with van der Waals surface area (Å²) in [5.41, 5.74) is 2.72. The van der Waals surface area contributed by atoms with Crippen LogP contribution in [0.15, 0.2) is 114 Å². The predicted molar refractivity (Wildman–Crippen MR) is 163 cm³/mol. The van der Waals surface area contributed by atoms with Crippen molar-refractivity contribution in [3.8, 4) is 0 Å². The highest BCUT2D eigenvalue weighted by molar-refractivity contribution is 7.32.